The molecule has 1 heterocycles. The summed E-state index contributed by atoms with van der Waals surface area (Å²) in [6.07, 6.45) is 7.66. The molecule has 3 heteroatoms. The number of hydrogen-bond acceptors (Lipinski definition) is 3. The second kappa shape index (κ2) is 4.35. The molecule has 0 spiro atoms. The predicted molar refractivity (Wildman–Crippen MR) is 48.7 cm³/mol. The fraction of sp³-hybridized carbons (Fsp3) is 0.333. The predicted octanol–water partition coefficient (Wildman–Crippen LogP) is 1.08. The van der Waals surface area contributed by atoms with Crippen LogP contribution in [-0.2, 0) is 6.42 Å². The van der Waals surface area contributed by atoms with Gasteiger partial charge >= 0.3 is 0 Å². The van der Waals surface area contributed by atoms with Crippen LogP contribution in [0, 0.1) is 12.3 Å². The molecule has 1 aromatic rings. The maximum atomic E-state index is 5.09. The zero-order valence-corrected chi connectivity index (χ0v) is 7.04. The van der Waals surface area contributed by atoms with E-state index in [-0.39, 0.29) is 0 Å². The number of rotatable bonds is 3. The Morgan fingerprint density at radius 2 is 2.50 bits per heavy atom. The first kappa shape index (κ1) is 8.54. The van der Waals surface area contributed by atoms with Gasteiger partial charge in [0.05, 0.1) is 6.54 Å². The largest absolute Gasteiger partial charge is 0.359 e. The molecule has 3 nitrogen and oxygen atoms in total. The number of aryl methyl sites for hydroxylation is 1. The lowest BCUT2D eigenvalue weighted by atomic mass is 10.4. The van der Waals surface area contributed by atoms with Crippen LogP contribution in [0.3, 0.4) is 0 Å². The van der Waals surface area contributed by atoms with E-state index >= 15 is 0 Å². The van der Waals surface area contributed by atoms with Crippen molar-refractivity contribution in [2.75, 3.05) is 11.9 Å². The molecule has 0 radical (unpaired) electrons. The van der Waals surface area contributed by atoms with E-state index in [1.807, 2.05) is 6.92 Å². The van der Waals surface area contributed by atoms with Crippen LogP contribution in [0.15, 0.2) is 12.3 Å². The van der Waals surface area contributed by atoms with Crippen LogP contribution in [0.25, 0.3) is 0 Å². The fourth-order valence-electron chi connectivity index (χ4n) is 0.809. The lowest BCUT2D eigenvalue weighted by Gasteiger charge is -2.01. The summed E-state index contributed by atoms with van der Waals surface area (Å²) in [5, 5.41) is 2.98. The summed E-state index contributed by atoms with van der Waals surface area (Å²) in [7, 11) is 0. The lowest BCUT2D eigenvalue weighted by Crippen LogP contribution is -2.03. The van der Waals surface area contributed by atoms with E-state index in [9.17, 15) is 0 Å². The highest BCUT2D eigenvalue weighted by Gasteiger charge is 1.94. The first-order valence-corrected chi connectivity index (χ1v) is 3.86. The highest BCUT2D eigenvalue weighted by Crippen LogP contribution is 2.00. The van der Waals surface area contributed by atoms with Crippen molar-refractivity contribution in [2.45, 2.75) is 13.3 Å². The van der Waals surface area contributed by atoms with Crippen LogP contribution < -0.4 is 5.32 Å². The SMILES string of the molecule is C#CCNc1ccnc(CC)n1. The average Bonchev–Trinajstić information content (AvgIpc) is 2.15. The molecule has 0 saturated heterocycles. The van der Waals surface area contributed by atoms with Gasteiger partial charge in [-0.15, -0.1) is 6.42 Å². The van der Waals surface area contributed by atoms with Crippen molar-refractivity contribution in [1.82, 2.24) is 9.97 Å². The van der Waals surface area contributed by atoms with E-state index in [0.29, 0.717) is 6.54 Å². The number of aromatic nitrogens is 2. The second-order valence-electron chi connectivity index (χ2n) is 2.27. The molecule has 0 aliphatic carbocycles. The molecular formula is C9H11N3. The first-order valence-electron chi connectivity index (χ1n) is 3.86. The minimum Gasteiger partial charge on any atom is -0.359 e. The Bertz CT molecular complexity index is 288. The Morgan fingerprint density at radius 1 is 1.67 bits per heavy atom. The van der Waals surface area contributed by atoms with E-state index in [2.05, 4.69) is 21.2 Å². The van der Waals surface area contributed by atoms with Crippen molar-refractivity contribution in [3.8, 4) is 12.3 Å². The molecule has 0 atom stereocenters. The van der Waals surface area contributed by atoms with Gasteiger partial charge in [0.15, 0.2) is 0 Å². The zero-order chi connectivity index (χ0) is 8.81. The van der Waals surface area contributed by atoms with Gasteiger partial charge in [-0.3, -0.25) is 0 Å². The van der Waals surface area contributed by atoms with Gasteiger partial charge < -0.3 is 5.32 Å². The molecular weight excluding hydrogens is 150 g/mol. The van der Waals surface area contributed by atoms with Crippen molar-refractivity contribution in [3.63, 3.8) is 0 Å². The molecule has 0 fully saturated rings. The Labute approximate surface area is 72.2 Å². The second-order valence-corrected chi connectivity index (χ2v) is 2.27. The monoisotopic (exact) mass is 161 g/mol. The normalized spacial score (nSPS) is 9.00. The third kappa shape index (κ3) is 2.24. The molecule has 0 saturated carbocycles. The van der Waals surface area contributed by atoms with E-state index in [1.54, 1.807) is 12.3 Å². The Morgan fingerprint density at radius 3 is 3.17 bits per heavy atom. The summed E-state index contributed by atoms with van der Waals surface area (Å²) in [5.74, 6) is 4.10. The number of nitrogens with one attached hydrogen (secondary N) is 1. The number of terminal acetylenes is 1. The molecule has 12 heavy (non-hydrogen) atoms. The van der Waals surface area contributed by atoms with Gasteiger partial charge in [0, 0.05) is 12.6 Å². The lowest BCUT2D eigenvalue weighted by molar-refractivity contribution is 0.939. The number of hydrogen-bond donors (Lipinski definition) is 1. The Kier molecular flexibility index (Phi) is 3.09. The topological polar surface area (TPSA) is 37.8 Å². The van der Waals surface area contributed by atoms with E-state index in [0.717, 1.165) is 18.1 Å². The quantitative estimate of drug-likeness (QED) is 0.674. The minimum absolute atomic E-state index is 0.500. The van der Waals surface area contributed by atoms with Crippen LogP contribution in [0.4, 0.5) is 5.82 Å². The summed E-state index contributed by atoms with van der Waals surface area (Å²) in [6.45, 7) is 2.51. The molecule has 0 aliphatic rings. The standard InChI is InChI=1S/C9H11N3/c1-3-6-10-9-5-7-11-8(4-2)12-9/h1,5,7H,4,6H2,2H3,(H,10,11,12). The maximum absolute atomic E-state index is 5.09. The van der Waals surface area contributed by atoms with Crippen molar-refractivity contribution in [3.05, 3.63) is 18.1 Å². The average molecular weight is 161 g/mol. The molecule has 1 rings (SSSR count). The van der Waals surface area contributed by atoms with Gasteiger partial charge in [-0.05, 0) is 6.07 Å². The third-order valence-electron chi connectivity index (χ3n) is 1.39. The van der Waals surface area contributed by atoms with Crippen LogP contribution in [0.1, 0.15) is 12.7 Å². The third-order valence-corrected chi connectivity index (χ3v) is 1.39. The Balaban J connectivity index is 2.67. The summed E-state index contributed by atoms with van der Waals surface area (Å²) in [5.41, 5.74) is 0. The van der Waals surface area contributed by atoms with Crippen molar-refractivity contribution >= 4 is 5.82 Å². The van der Waals surface area contributed by atoms with Gasteiger partial charge in [-0.2, -0.15) is 0 Å². The summed E-state index contributed by atoms with van der Waals surface area (Å²) < 4.78 is 0. The highest BCUT2D eigenvalue weighted by atomic mass is 15.0. The molecule has 62 valence electrons. The first-order chi connectivity index (χ1) is 5.86. The molecule has 0 amide bonds. The van der Waals surface area contributed by atoms with E-state index in [4.69, 9.17) is 6.42 Å². The van der Waals surface area contributed by atoms with E-state index < -0.39 is 0 Å². The van der Waals surface area contributed by atoms with Crippen LogP contribution >= 0.6 is 0 Å². The van der Waals surface area contributed by atoms with Gasteiger partial charge in [-0.1, -0.05) is 12.8 Å². The van der Waals surface area contributed by atoms with Crippen LogP contribution in [0.5, 0.6) is 0 Å². The molecule has 0 bridgehead atoms. The summed E-state index contributed by atoms with van der Waals surface area (Å²) in [6, 6.07) is 1.80. The van der Waals surface area contributed by atoms with E-state index in [1.165, 1.54) is 0 Å². The van der Waals surface area contributed by atoms with Gasteiger partial charge in [0.2, 0.25) is 0 Å². The molecule has 0 aliphatic heterocycles. The maximum Gasteiger partial charge on any atom is 0.130 e. The summed E-state index contributed by atoms with van der Waals surface area (Å²) in [4.78, 5) is 8.27. The van der Waals surface area contributed by atoms with Gasteiger partial charge in [-0.25, -0.2) is 9.97 Å². The van der Waals surface area contributed by atoms with Crippen molar-refractivity contribution < 1.29 is 0 Å². The molecule has 1 N–H and O–H groups in total. The minimum atomic E-state index is 0.500. The summed E-state index contributed by atoms with van der Waals surface area (Å²) >= 11 is 0. The highest BCUT2D eigenvalue weighted by molar-refractivity contribution is 5.34. The van der Waals surface area contributed by atoms with Gasteiger partial charge in [0.25, 0.3) is 0 Å². The molecule has 0 aromatic carbocycles. The van der Waals surface area contributed by atoms with Crippen LogP contribution in [0.2, 0.25) is 0 Å². The Hall–Kier alpha value is -1.56. The molecule has 1 aromatic heterocycles. The van der Waals surface area contributed by atoms with Crippen LogP contribution in [-0.4, -0.2) is 16.5 Å². The van der Waals surface area contributed by atoms with Crippen molar-refractivity contribution in [2.24, 2.45) is 0 Å². The zero-order valence-electron chi connectivity index (χ0n) is 7.04. The smallest absolute Gasteiger partial charge is 0.130 e. The fourth-order valence-corrected chi connectivity index (χ4v) is 0.809. The van der Waals surface area contributed by atoms with Crippen molar-refractivity contribution in [1.29, 1.82) is 0 Å². The number of nitrogens with zero attached hydrogens (tertiary/aromatic N) is 2. The number of anilines is 1. The van der Waals surface area contributed by atoms with Gasteiger partial charge in [0.1, 0.15) is 11.6 Å². The molecule has 0 unspecified atom stereocenters.